The molecule has 5 atom stereocenters. The summed E-state index contributed by atoms with van der Waals surface area (Å²) in [5.41, 5.74) is 6.02. The summed E-state index contributed by atoms with van der Waals surface area (Å²) >= 11 is 0. The first-order valence-electron chi connectivity index (χ1n) is 5.33. The van der Waals surface area contributed by atoms with E-state index in [1.807, 2.05) is 0 Å². The Balaban J connectivity index is 2.68. The van der Waals surface area contributed by atoms with Crippen LogP contribution in [0.5, 0.6) is 0 Å². The van der Waals surface area contributed by atoms with Crippen LogP contribution in [0.4, 0.5) is 0 Å². The molecule has 72 valence electrons. The molecule has 1 aliphatic rings. The van der Waals surface area contributed by atoms with Gasteiger partial charge in [0.05, 0.1) is 0 Å². The second kappa shape index (κ2) is 3.78. The van der Waals surface area contributed by atoms with Gasteiger partial charge in [0, 0.05) is 6.04 Å². The van der Waals surface area contributed by atoms with Crippen molar-refractivity contribution in [3.05, 3.63) is 0 Å². The second-order valence-electron chi connectivity index (χ2n) is 4.70. The first-order chi connectivity index (χ1) is 5.57. The Hall–Kier alpha value is -0.0400. The van der Waals surface area contributed by atoms with Crippen LogP contribution in [0.25, 0.3) is 0 Å². The maximum Gasteiger partial charge on any atom is 0.00440 e. The first kappa shape index (κ1) is 10.0. The van der Waals surface area contributed by atoms with E-state index in [1.54, 1.807) is 0 Å². The Morgan fingerprint density at radius 2 is 1.92 bits per heavy atom. The summed E-state index contributed by atoms with van der Waals surface area (Å²) in [6, 6.07) is 0.384. The number of rotatable bonds is 2. The highest BCUT2D eigenvalue weighted by Gasteiger charge is 2.39. The molecule has 1 saturated carbocycles. The third-order valence-electron chi connectivity index (χ3n) is 3.70. The molecule has 12 heavy (non-hydrogen) atoms. The lowest BCUT2D eigenvalue weighted by Gasteiger charge is -2.26. The van der Waals surface area contributed by atoms with Crippen LogP contribution in [0.3, 0.4) is 0 Å². The largest absolute Gasteiger partial charge is 0.328 e. The van der Waals surface area contributed by atoms with Crippen LogP contribution >= 0.6 is 0 Å². The smallest absolute Gasteiger partial charge is 0.00440 e. The lowest BCUT2D eigenvalue weighted by atomic mass is 9.82. The standard InChI is InChI=1S/C11H23N/c1-5-10-7(2)6-8(3)11(10)9(4)12/h7-11H,5-6,12H2,1-4H3. The summed E-state index contributed by atoms with van der Waals surface area (Å²) in [7, 11) is 0. The zero-order chi connectivity index (χ0) is 9.30. The molecule has 0 aliphatic heterocycles. The van der Waals surface area contributed by atoms with Crippen LogP contribution in [-0.2, 0) is 0 Å². The Kier molecular flexibility index (Phi) is 3.16. The predicted molar refractivity (Wildman–Crippen MR) is 53.9 cm³/mol. The summed E-state index contributed by atoms with van der Waals surface area (Å²) in [6.07, 6.45) is 2.68. The van der Waals surface area contributed by atoms with E-state index in [9.17, 15) is 0 Å². The van der Waals surface area contributed by atoms with Gasteiger partial charge in [0.2, 0.25) is 0 Å². The maximum absolute atomic E-state index is 6.02. The average Bonchev–Trinajstić information content (AvgIpc) is 2.24. The van der Waals surface area contributed by atoms with Gasteiger partial charge in [-0.15, -0.1) is 0 Å². The summed E-state index contributed by atoms with van der Waals surface area (Å²) in [4.78, 5) is 0. The molecule has 1 aliphatic carbocycles. The fourth-order valence-corrected chi connectivity index (χ4v) is 3.30. The Labute approximate surface area is 76.7 Å². The molecule has 1 rings (SSSR count). The quantitative estimate of drug-likeness (QED) is 0.675. The van der Waals surface area contributed by atoms with Crippen molar-refractivity contribution in [2.24, 2.45) is 29.4 Å². The minimum atomic E-state index is 0.384. The van der Waals surface area contributed by atoms with Crippen LogP contribution in [-0.4, -0.2) is 6.04 Å². The van der Waals surface area contributed by atoms with Gasteiger partial charge in [-0.1, -0.05) is 27.2 Å². The van der Waals surface area contributed by atoms with Crippen molar-refractivity contribution in [2.45, 2.75) is 46.6 Å². The molecule has 0 saturated heterocycles. The lowest BCUT2D eigenvalue weighted by Crippen LogP contribution is -2.33. The van der Waals surface area contributed by atoms with E-state index >= 15 is 0 Å². The molecule has 1 heteroatoms. The van der Waals surface area contributed by atoms with Crippen LogP contribution in [0.2, 0.25) is 0 Å². The molecule has 0 bridgehead atoms. The monoisotopic (exact) mass is 169 g/mol. The molecule has 1 nitrogen and oxygen atoms in total. The maximum atomic E-state index is 6.02. The molecule has 0 aromatic heterocycles. The van der Waals surface area contributed by atoms with Crippen LogP contribution < -0.4 is 5.73 Å². The van der Waals surface area contributed by atoms with Crippen LogP contribution in [0.15, 0.2) is 0 Å². The first-order valence-corrected chi connectivity index (χ1v) is 5.33. The fraction of sp³-hybridized carbons (Fsp3) is 1.00. The van der Waals surface area contributed by atoms with Gasteiger partial charge in [0.15, 0.2) is 0 Å². The minimum absolute atomic E-state index is 0.384. The van der Waals surface area contributed by atoms with Gasteiger partial charge in [0.25, 0.3) is 0 Å². The summed E-state index contributed by atoms with van der Waals surface area (Å²) in [6.45, 7) is 9.21. The summed E-state index contributed by atoms with van der Waals surface area (Å²) in [5.74, 6) is 3.37. The van der Waals surface area contributed by atoms with Crippen LogP contribution in [0.1, 0.15) is 40.5 Å². The molecule has 0 amide bonds. The predicted octanol–water partition coefficient (Wildman–Crippen LogP) is 2.65. The summed E-state index contributed by atoms with van der Waals surface area (Å²) < 4.78 is 0. The van der Waals surface area contributed by atoms with E-state index in [0.29, 0.717) is 6.04 Å². The average molecular weight is 169 g/mol. The van der Waals surface area contributed by atoms with Crippen molar-refractivity contribution in [1.29, 1.82) is 0 Å². The van der Waals surface area contributed by atoms with Crippen molar-refractivity contribution in [3.63, 3.8) is 0 Å². The van der Waals surface area contributed by atoms with Crippen molar-refractivity contribution in [1.82, 2.24) is 0 Å². The molecule has 0 heterocycles. The number of hydrogen-bond donors (Lipinski definition) is 1. The van der Waals surface area contributed by atoms with Gasteiger partial charge in [0.1, 0.15) is 0 Å². The van der Waals surface area contributed by atoms with Gasteiger partial charge in [-0.2, -0.15) is 0 Å². The van der Waals surface area contributed by atoms with E-state index < -0.39 is 0 Å². The molecule has 1 fully saturated rings. The Bertz CT molecular complexity index is 142. The third kappa shape index (κ3) is 1.66. The molecule has 0 aromatic carbocycles. The molecular formula is C11H23N. The van der Waals surface area contributed by atoms with Crippen molar-refractivity contribution in [3.8, 4) is 0 Å². The van der Waals surface area contributed by atoms with E-state index in [4.69, 9.17) is 5.73 Å². The Morgan fingerprint density at radius 3 is 2.25 bits per heavy atom. The fourth-order valence-electron chi connectivity index (χ4n) is 3.30. The van der Waals surface area contributed by atoms with Crippen molar-refractivity contribution in [2.75, 3.05) is 0 Å². The molecule has 5 unspecified atom stereocenters. The summed E-state index contributed by atoms with van der Waals surface area (Å²) in [5, 5.41) is 0. The van der Waals surface area contributed by atoms with Gasteiger partial charge >= 0.3 is 0 Å². The molecule has 2 N–H and O–H groups in total. The SMILES string of the molecule is CCC1C(C)CC(C)C1C(C)N. The van der Waals surface area contributed by atoms with E-state index in [-0.39, 0.29) is 0 Å². The lowest BCUT2D eigenvalue weighted by molar-refractivity contribution is 0.254. The molecule has 0 aromatic rings. The highest BCUT2D eigenvalue weighted by Crippen LogP contribution is 2.44. The van der Waals surface area contributed by atoms with E-state index in [0.717, 1.165) is 23.7 Å². The molecule has 0 spiro atoms. The number of nitrogens with two attached hydrogens (primary N) is 1. The second-order valence-corrected chi connectivity index (χ2v) is 4.70. The minimum Gasteiger partial charge on any atom is -0.328 e. The van der Waals surface area contributed by atoms with Crippen LogP contribution in [0, 0.1) is 23.7 Å². The van der Waals surface area contributed by atoms with Gasteiger partial charge in [-0.3, -0.25) is 0 Å². The van der Waals surface area contributed by atoms with Gasteiger partial charge in [-0.25, -0.2) is 0 Å². The normalized spacial score (nSPS) is 44.8. The topological polar surface area (TPSA) is 26.0 Å². The van der Waals surface area contributed by atoms with Crippen molar-refractivity contribution < 1.29 is 0 Å². The van der Waals surface area contributed by atoms with E-state index in [1.165, 1.54) is 12.8 Å². The highest BCUT2D eigenvalue weighted by atomic mass is 14.7. The van der Waals surface area contributed by atoms with Crippen molar-refractivity contribution >= 4 is 0 Å². The highest BCUT2D eigenvalue weighted by molar-refractivity contribution is 4.90. The van der Waals surface area contributed by atoms with E-state index in [2.05, 4.69) is 27.7 Å². The van der Waals surface area contributed by atoms with Gasteiger partial charge in [-0.05, 0) is 37.0 Å². The zero-order valence-corrected chi connectivity index (χ0v) is 8.88. The zero-order valence-electron chi connectivity index (χ0n) is 8.88. The van der Waals surface area contributed by atoms with Gasteiger partial charge < -0.3 is 5.73 Å². The number of hydrogen-bond acceptors (Lipinski definition) is 1. The Morgan fingerprint density at radius 1 is 1.33 bits per heavy atom. The molecular weight excluding hydrogens is 146 g/mol. The molecule has 0 radical (unpaired) electrons. The third-order valence-corrected chi connectivity index (χ3v) is 3.70.